The Labute approximate surface area is 179 Å². The first-order chi connectivity index (χ1) is 14.1. The van der Waals surface area contributed by atoms with E-state index in [0.717, 1.165) is 24.6 Å². The third-order valence-corrected chi connectivity index (χ3v) is 7.85. The zero-order chi connectivity index (χ0) is 20.7. The van der Waals surface area contributed by atoms with Crippen LogP contribution in [0.15, 0.2) is 72.8 Å². The molecule has 0 bridgehead atoms. The molecule has 0 aromatic heterocycles. The Bertz CT molecular complexity index is 843. The molecule has 0 heterocycles. The van der Waals surface area contributed by atoms with Gasteiger partial charge in [-0.2, -0.15) is 0 Å². The van der Waals surface area contributed by atoms with Gasteiger partial charge < -0.3 is 0 Å². The number of rotatable bonds is 9. The first-order valence-electron chi connectivity index (χ1n) is 10.1. The summed E-state index contributed by atoms with van der Waals surface area (Å²) in [6.07, 6.45) is 2.89. The third kappa shape index (κ3) is 5.30. The zero-order valence-electron chi connectivity index (χ0n) is 17.2. The summed E-state index contributed by atoms with van der Waals surface area (Å²) in [6, 6.07) is 24.0. The van der Waals surface area contributed by atoms with Gasteiger partial charge in [0.25, 0.3) is 0 Å². The van der Waals surface area contributed by atoms with Gasteiger partial charge in [0.1, 0.15) is 0 Å². The van der Waals surface area contributed by atoms with Crippen LogP contribution in [0.1, 0.15) is 37.5 Å². The molecule has 0 fully saturated rings. The van der Waals surface area contributed by atoms with Crippen molar-refractivity contribution in [1.82, 2.24) is 0 Å². The maximum absolute atomic E-state index is 6.33. The average Bonchev–Trinajstić information content (AvgIpc) is 2.79. The molecule has 0 aliphatic rings. The molecule has 0 atom stereocenters. The van der Waals surface area contributed by atoms with Crippen LogP contribution in [0.5, 0.6) is 11.5 Å². The van der Waals surface area contributed by atoms with Crippen LogP contribution in [0.25, 0.3) is 0 Å². The van der Waals surface area contributed by atoms with Crippen LogP contribution in [-0.4, -0.2) is 0 Å². The molecule has 3 rings (SSSR count). The minimum atomic E-state index is -3.45. The van der Waals surface area contributed by atoms with Gasteiger partial charge in [-0.3, -0.25) is 0 Å². The van der Waals surface area contributed by atoms with Crippen molar-refractivity contribution in [1.29, 1.82) is 0 Å². The van der Waals surface area contributed by atoms with E-state index in [1.54, 1.807) is 0 Å². The van der Waals surface area contributed by atoms with Crippen molar-refractivity contribution in [2.75, 3.05) is 0 Å². The second-order valence-electron chi connectivity index (χ2n) is 6.88. The quantitative estimate of drug-likeness (QED) is 0.348. The predicted molar refractivity (Wildman–Crippen MR) is 124 cm³/mol. The van der Waals surface area contributed by atoms with Crippen LogP contribution >= 0.6 is 19.8 Å². The Morgan fingerprint density at radius 2 is 0.931 bits per heavy atom. The predicted octanol–water partition coefficient (Wildman–Crippen LogP) is 6.82. The molecule has 0 spiro atoms. The van der Waals surface area contributed by atoms with Gasteiger partial charge in [-0.15, -0.1) is 0 Å². The molecule has 0 unspecified atom stereocenters. The van der Waals surface area contributed by atoms with Gasteiger partial charge in [-0.1, -0.05) is 0 Å². The topological polar surface area (TPSA) is 27.7 Å². The Morgan fingerprint density at radius 3 is 1.24 bits per heavy atom. The van der Waals surface area contributed by atoms with E-state index >= 15 is 0 Å². The minimum absolute atomic E-state index is 0.666. The molecule has 0 aliphatic heterocycles. The van der Waals surface area contributed by atoms with Crippen LogP contribution in [0.2, 0.25) is 0 Å². The summed E-state index contributed by atoms with van der Waals surface area (Å²) in [6.45, 7) is 6.36. The normalized spacial score (nSPS) is 11.9. The second-order valence-corrected chi connectivity index (χ2v) is 9.60. The Kier molecular flexibility index (Phi) is 7.55. The first kappa shape index (κ1) is 21.6. The zero-order valence-corrected chi connectivity index (χ0v) is 18.9. The van der Waals surface area contributed by atoms with E-state index < -0.39 is 7.94 Å². The van der Waals surface area contributed by atoms with Crippen molar-refractivity contribution in [3.63, 3.8) is 0 Å². The molecular weight excluding hydrogens is 403 g/mol. The van der Waals surface area contributed by atoms with Gasteiger partial charge >= 0.3 is 179 Å². The fourth-order valence-corrected chi connectivity index (χ4v) is 5.41. The van der Waals surface area contributed by atoms with E-state index in [2.05, 4.69) is 32.9 Å². The summed E-state index contributed by atoms with van der Waals surface area (Å²) in [5.41, 5.74) is 3.70. The van der Waals surface area contributed by atoms with E-state index in [4.69, 9.17) is 25.0 Å². The second kappa shape index (κ2) is 10.1. The number of benzene rings is 3. The molecule has 0 aliphatic carbocycles. The van der Waals surface area contributed by atoms with Crippen molar-refractivity contribution < 1.29 is 13.1 Å². The van der Waals surface area contributed by atoms with Crippen LogP contribution < -0.4 is 14.4 Å². The van der Waals surface area contributed by atoms with Crippen molar-refractivity contribution >= 4 is 25.1 Å². The molecule has 3 nitrogen and oxygen atoms in total. The Balaban J connectivity index is 1.98. The molecule has 3 aromatic rings. The number of hydrogen-bond acceptors (Lipinski definition) is 3. The van der Waals surface area contributed by atoms with Gasteiger partial charge in [0.15, 0.2) is 0 Å². The van der Waals surface area contributed by atoms with Gasteiger partial charge in [-0.25, -0.2) is 0 Å². The SMILES string of the molecule is CCc1ccc(O[PH](OCl)(Oc2ccc(CC)cc2)c2ccc(CC)cc2)cc1. The number of halogens is 1. The monoisotopic (exact) mass is 430 g/mol. The molecule has 0 saturated carbocycles. The van der Waals surface area contributed by atoms with Crippen LogP contribution in [0, 0.1) is 0 Å². The van der Waals surface area contributed by atoms with Crippen molar-refractivity contribution in [3.8, 4) is 11.5 Å². The average molecular weight is 431 g/mol. The molecule has 0 saturated heterocycles. The molecular formula is C24H28ClO3P. The van der Waals surface area contributed by atoms with Crippen molar-refractivity contribution in [3.05, 3.63) is 89.5 Å². The van der Waals surface area contributed by atoms with Gasteiger partial charge in [0, 0.05) is 0 Å². The summed E-state index contributed by atoms with van der Waals surface area (Å²) in [5, 5.41) is 0.809. The van der Waals surface area contributed by atoms with E-state index in [9.17, 15) is 0 Å². The van der Waals surface area contributed by atoms with E-state index in [1.165, 1.54) is 16.7 Å². The summed E-state index contributed by atoms with van der Waals surface area (Å²) < 4.78 is 18.2. The van der Waals surface area contributed by atoms with Gasteiger partial charge in [-0.05, 0) is 0 Å². The molecule has 0 amide bonds. The molecule has 3 aromatic carbocycles. The molecule has 0 radical (unpaired) electrons. The molecule has 0 N–H and O–H groups in total. The van der Waals surface area contributed by atoms with Crippen LogP contribution in [0.3, 0.4) is 0 Å². The molecule has 29 heavy (non-hydrogen) atoms. The van der Waals surface area contributed by atoms with Gasteiger partial charge in [0.2, 0.25) is 0 Å². The van der Waals surface area contributed by atoms with E-state index in [-0.39, 0.29) is 0 Å². The number of hydrogen-bond donors (Lipinski definition) is 0. The van der Waals surface area contributed by atoms with Crippen LogP contribution in [0.4, 0.5) is 0 Å². The summed E-state index contributed by atoms with van der Waals surface area (Å²) in [5.74, 6) is 1.33. The molecule has 5 heteroatoms. The summed E-state index contributed by atoms with van der Waals surface area (Å²) in [4.78, 5) is 0. The standard InChI is InChI=1S/C24H28ClO3P/c1-4-19-7-13-22(14-8-19)26-29(28-25,24-17-11-21(6-3)12-18-24)27-23-15-9-20(5-2)10-16-23/h7-18,29H,4-6H2,1-3H3. The van der Waals surface area contributed by atoms with Crippen LogP contribution in [-0.2, 0) is 23.3 Å². The Morgan fingerprint density at radius 1 is 0.586 bits per heavy atom. The third-order valence-electron chi connectivity index (χ3n) is 4.98. The van der Waals surface area contributed by atoms with Crippen molar-refractivity contribution in [2.24, 2.45) is 0 Å². The first-order valence-corrected chi connectivity index (χ1v) is 12.1. The van der Waals surface area contributed by atoms with Gasteiger partial charge in [0.05, 0.1) is 0 Å². The Hall–Kier alpha value is -2.06. The fourth-order valence-electron chi connectivity index (χ4n) is 3.06. The fraction of sp³-hybridized carbons (Fsp3) is 0.250. The summed E-state index contributed by atoms with van der Waals surface area (Å²) >= 11 is 6.06. The summed E-state index contributed by atoms with van der Waals surface area (Å²) in [7, 11) is -3.45. The number of aryl methyl sites for hydroxylation is 3. The maximum atomic E-state index is 6.33. The molecule has 154 valence electrons. The van der Waals surface area contributed by atoms with E-state index in [0.29, 0.717) is 11.5 Å². The van der Waals surface area contributed by atoms with Crippen molar-refractivity contribution in [2.45, 2.75) is 40.0 Å². The van der Waals surface area contributed by atoms with E-state index in [1.807, 2.05) is 60.7 Å².